The van der Waals surface area contributed by atoms with Gasteiger partial charge in [-0.2, -0.15) is 5.10 Å². The molecule has 1 saturated heterocycles. The molecular formula is C28H34N4O4. The topological polar surface area (TPSA) is 85.7 Å². The second kappa shape index (κ2) is 12.4. The number of nitrogens with zero attached hydrogens (tertiary/aromatic N) is 3. The highest BCUT2D eigenvalue weighted by atomic mass is 16.5. The fraction of sp³-hybridized carbons (Fsp3) is 0.393. The first-order valence-electron chi connectivity index (χ1n) is 12.4. The molecule has 8 nitrogen and oxygen atoms in total. The molecule has 1 aliphatic heterocycles. The van der Waals surface area contributed by atoms with Crippen molar-refractivity contribution in [2.75, 3.05) is 40.5 Å². The molecule has 2 amide bonds. The number of aromatic nitrogens is 2. The zero-order valence-corrected chi connectivity index (χ0v) is 21.0. The van der Waals surface area contributed by atoms with Gasteiger partial charge in [0.25, 0.3) is 5.91 Å². The molecule has 190 valence electrons. The van der Waals surface area contributed by atoms with Crippen LogP contribution >= 0.6 is 0 Å². The Balaban J connectivity index is 1.50. The van der Waals surface area contributed by atoms with Gasteiger partial charge in [-0.25, -0.2) is 0 Å². The van der Waals surface area contributed by atoms with Crippen LogP contribution in [0.25, 0.3) is 11.3 Å². The van der Waals surface area contributed by atoms with Crippen LogP contribution in [0.15, 0.2) is 60.8 Å². The van der Waals surface area contributed by atoms with Gasteiger partial charge in [-0.1, -0.05) is 42.5 Å². The molecule has 0 spiro atoms. The number of methoxy groups -OCH3 is 2. The quantitative estimate of drug-likeness (QED) is 0.439. The van der Waals surface area contributed by atoms with Crippen LogP contribution in [0, 0.1) is 5.92 Å². The van der Waals surface area contributed by atoms with Gasteiger partial charge in [-0.3, -0.25) is 14.3 Å². The standard InChI is InChI=1S/C28H34N4O4/c1-35-17-7-14-29-27(33)22-12-15-31(16-13-22)28(34)25-20-32(19-21-8-4-3-5-9-21)30-26(25)23-10-6-11-24(18-23)36-2/h3-6,8-11,18,20,22H,7,12-17,19H2,1-2H3,(H,29,33). The Labute approximate surface area is 212 Å². The van der Waals surface area contributed by atoms with Crippen molar-refractivity contribution < 1.29 is 19.1 Å². The first kappa shape index (κ1) is 25.4. The number of benzene rings is 2. The average molecular weight is 491 g/mol. The Bertz CT molecular complexity index is 1150. The summed E-state index contributed by atoms with van der Waals surface area (Å²) < 4.78 is 12.2. The van der Waals surface area contributed by atoms with Crippen molar-refractivity contribution in [3.05, 3.63) is 71.9 Å². The van der Waals surface area contributed by atoms with Crippen LogP contribution in [-0.4, -0.2) is 67.0 Å². The predicted octanol–water partition coefficient (Wildman–Crippen LogP) is 3.61. The number of carbonyl (C=O) groups is 2. The number of nitrogens with one attached hydrogen (secondary N) is 1. The molecule has 8 heteroatoms. The molecule has 1 aliphatic rings. The van der Waals surface area contributed by atoms with E-state index in [4.69, 9.17) is 14.6 Å². The Kier molecular flexibility index (Phi) is 8.73. The minimum atomic E-state index is -0.0738. The van der Waals surface area contributed by atoms with Crippen LogP contribution in [0.1, 0.15) is 35.2 Å². The van der Waals surface area contributed by atoms with E-state index in [0.29, 0.717) is 62.6 Å². The van der Waals surface area contributed by atoms with Crippen molar-refractivity contribution in [3.63, 3.8) is 0 Å². The van der Waals surface area contributed by atoms with E-state index in [9.17, 15) is 9.59 Å². The lowest BCUT2D eigenvalue weighted by molar-refractivity contribution is -0.126. The first-order chi connectivity index (χ1) is 17.6. The van der Waals surface area contributed by atoms with Gasteiger partial charge >= 0.3 is 0 Å². The molecule has 4 rings (SSSR count). The zero-order chi connectivity index (χ0) is 25.3. The van der Waals surface area contributed by atoms with Gasteiger partial charge in [-0.15, -0.1) is 0 Å². The number of hydrogen-bond acceptors (Lipinski definition) is 5. The number of ether oxygens (including phenoxy) is 2. The summed E-state index contributed by atoms with van der Waals surface area (Å²) in [4.78, 5) is 28.0. The summed E-state index contributed by atoms with van der Waals surface area (Å²) in [6.07, 6.45) is 3.92. The zero-order valence-electron chi connectivity index (χ0n) is 21.0. The van der Waals surface area contributed by atoms with Gasteiger partial charge in [0.05, 0.1) is 19.2 Å². The second-order valence-electron chi connectivity index (χ2n) is 9.01. The summed E-state index contributed by atoms with van der Waals surface area (Å²) in [5.74, 6) is 0.633. The van der Waals surface area contributed by atoms with Crippen molar-refractivity contribution in [1.29, 1.82) is 0 Å². The fourth-order valence-corrected chi connectivity index (χ4v) is 4.50. The van der Waals surface area contributed by atoms with Crippen LogP contribution in [0.2, 0.25) is 0 Å². The second-order valence-corrected chi connectivity index (χ2v) is 9.01. The molecular weight excluding hydrogens is 456 g/mol. The fourth-order valence-electron chi connectivity index (χ4n) is 4.50. The van der Waals surface area contributed by atoms with E-state index in [-0.39, 0.29) is 17.7 Å². The van der Waals surface area contributed by atoms with Gasteiger partial charge in [0.15, 0.2) is 0 Å². The Hall–Kier alpha value is -3.65. The lowest BCUT2D eigenvalue weighted by Gasteiger charge is -2.31. The summed E-state index contributed by atoms with van der Waals surface area (Å²) >= 11 is 0. The Morgan fingerprint density at radius 1 is 1.06 bits per heavy atom. The third kappa shape index (κ3) is 6.31. The Morgan fingerprint density at radius 2 is 1.83 bits per heavy atom. The minimum absolute atomic E-state index is 0.0611. The lowest BCUT2D eigenvalue weighted by atomic mass is 9.95. The normalized spacial score (nSPS) is 14.0. The Morgan fingerprint density at radius 3 is 2.56 bits per heavy atom. The van der Waals surface area contributed by atoms with Crippen LogP contribution in [-0.2, 0) is 16.1 Å². The molecule has 1 N–H and O–H groups in total. The highest BCUT2D eigenvalue weighted by molar-refractivity contribution is 6.00. The molecule has 2 aromatic carbocycles. The molecule has 0 saturated carbocycles. The van der Waals surface area contributed by atoms with E-state index in [1.165, 1.54) is 0 Å². The van der Waals surface area contributed by atoms with E-state index in [1.54, 1.807) is 14.2 Å². The summed E-state index contributed by atoms with van der Waals surface area (Å²) in [6, 6.07) is 17.6. The molecule has 2 heterocycles. The van der Waals surface area contributed by atoms with Crippen LogP contribution in [0.5, 0.6) is 5.75 Å². The summed E-state index contributed by atoms with van der Waals surface area (Å²) in [6.45, 7) is 2.88. The number of rotatable bonds is 10. The van der Waals surface area contributed by atoms with Gasteiger partial charge in [-0.05, 0) is 37.0 Å². The van der Waals surface area contributed by atoms with Gasteiger partial charge in [0, 0.05) is 51.0 Å². The molecule has 1 aromatic heterocycles. The molecule has 0 atom stereocenters. The lowest BCUT2D eigenvalue weighted by Crippen LogP contribution is -2.43. The maximum absolute atomic E-state index is 13.7. The van der Waals surface area contributed by atoms with Crippen LogP contribution in [0.3, 0.4) is 0 Å². The van der Waals surface area contributed by atoms with Gasteiger partial charge in [0.1, 0.15) is 11.4 Å². The van der Waals surface area contributed by atoms with Crippen LogP contribution in [0.4, 0.5) is 0 Å². The van der Waals surface area contributed by atoms with Crippen molar-refractivity contribution in [2.45, 2.75) is 25.8 Å². The van der Waals surface area contributed by atoms with E-state index >= 15 is 0 Å². The van der Waals surface area contributed by atoms with E-state index < -0.39 is 0 Å². The van der Waals surface area contributed by atoms with Crippen LogP contribution < -0.4 is 10.1 Å². The van der Waals surface area contributed by atoms with E-state index in [2.05, 4.69) is 5.32 Å². The van der Waals surface area contributed by atoms with Crippen molar-refractivity contribution >= 4 is 11.8 Å². The largest absolute Gasteiger partial charge is 0.497 e. The molecule has 1 fully saturated rings. The van der Waals surface area contributed by atoms with Crippen molar-refractivity contribution in [2.24, 2.45) is 5.92 Å². The highest BCUT2D eigenvalue weighted by Crippen LogP contribution is 2.28. The highest BCUT2D eigenvalue weighted by Gasteiger charge is 2.30. The SMILES string of the molecule is COCCCNC(=O)C1CCN(C(=O)c2cn(Cc3ccccc3)nc2-c2cccc(OC)c2)CC1. The van der Waals surface area contributed by atoms with Gasteiger partial charge in [0.2, 0.25) is 5.91 Å². The molecule has 3 aromatic rings. The monoisotopic (exact) mass is 490 g/mol. The molecule has 0 bridgehead atoms. The maximum atomic E-state index is 13.7. The molecule has 0 unspecified atom stereocenters. The molecule has 0 aliphatic carbocycles. The number of carbonyl (C=O) groups excluding carboxylic acids is 2. The summed E-state index contributed by atoms with van der Waals surface area (Å²) in [5, 5.41) is 7.78. The predicted molar refractivity (Wildman–Crippen MR) is 138 cm³/mol. The average Bonchev–Trinajstić information content (AvgIpc) is 3.35. The van der Waals surface area contributed by atoms with Crippen molar-refractivity contribution in [1.82, 2.24) is 20.0 Å². The third-order valence-corrected chi connectivity index (χ3v) is 6.50. The summed E-state index contributed by atoms with van der Waals surface area (Å²) in [5.41, 5.74) is 3.12. The van der Waals surface area contributed by atoms with Crippen molar-refractivity contribution in [3.8, 4) is 17.0 Å². The van der Waals surface area contributed by atoms with E-state index in [0.717, 1.165) is 17.5 Å². The summed E-state index contributed by atoms with van der Waals surface area (Å²) in [7, 11) is 3.27. The third-order valence-electron chi connectivity index (χ3n) is 6.50. The number of piperidine rings is 1. The number of amides is 2. The number of likely N-dealkylation sites (tertiary alicyclic amines) is 1. The molecule has 0 radical (unpaired) electrons. The maximum Gasteiger partial charge on any atom is 0.257 e. The smallest absolute Gasteiger partial charge is 0.257 e. The number of hydrogen-bond donors (Lipinski definition) is 1. The molecule has 36 heavy (non-hydrogen) atoms. The first-order valence-corrected chi connectivity index (χ1v) is 12.4. The van der Waals surface area contributed by atoms with E-state index in [1.807, 2.05) is 70.4 Å². The minimum Gasteiger partial charge on any atom is -0.497 e. The van der Waals surface area contributed by atoms with Gasteiger partial charge < -0.3 is 19.7 Å².